The molecule has 6 aromatic rings. The molecule has 0 radical (unpaired) electrons. The third-order valence-electron chi connectivity index (χ3n) is 23.0. The third-order valence-corrected chi connectivity index (χ3v) is 32.4. The fraction of sp³-hybridized carbons (Fsp3) is 0.605. The average molecular weight is 1500 g/mol. The summed E-state index contributed by atoms with van der Waals surface area (Å²) in [7, 11) is -4.07. The Bertz CT molecular complexity index is 3690. The normalized spacial score (nSPS) is 15.0. The van der Waals surface area contributed by atoms with Crippen molar-refractivity contribution in [1.29, 1.82) is 0 Å². The summed E-state index contributed by atoms with van der Waals surface area (Å²) >= 11 is 3.10. The van der Waals surface area contributed by atoms with E-state index in [1.54, 1.807) is 31.7 Å². The number of carbonyl (C=O) groups is 2. The van der Waals surface area contributed by atoms with Crippen LogP contribution in [-0.4, -0.2) is 92.3 Å². The average Bonchev–Trinajstić information content (AvgIpc) is 1.31. The molecule has 3 heterocycles. The van der Waals surface area contributed by atoms with E-state index in [-0.39, 0.29) is 87.0 Å². The number of esters is 2. The quantitative estimate of drug-likeness (QED) is 0.0290. The van der Waals surface area contributed by atoms with Crippen LogP contribution in [-0.2, 0) is 73.7 Å². The standard InChI is InChI=1S/C40H60N2O3Si.C38H63BO3Si.C8H9BrN2O2/c1-14-40(15-2,33-20-21-34(29(5)24-33)37-41-26-30(27-42-37)25-36(43)44-16-3)32-19-17-31(28(4)23-32)18-22-35(38(6,7)8)45-46(12,13)39(9,10)11;1-17-38(18-2,31-22-23-32(28(4)26-31)39-41-36(11,12)37(13,14)42-39)30-21-19-29(27(3)25-30)20-24-33(34(5,6)7)40-43(15,16)35(8,9)10;1-2-13-7(12)3-6-4-10-8(9)11-5-6/h17,19-21,23-24,26-27,35H,14-16,18,22,25H2,1-13H3;19,21-23,25-26,33H,17-18,20,24H2,1-16H3;4-5H,2-3H2,1H3. The van der Waals surface area contributed by atoms with Gasteiger partial charge < -0.3 is 27.6 Å². The van der Waals surface area contributed by atoms with Gasteiger partial charge in [-0.1, -0.05) is 189 Å². The van der Waals surface area contributed by atoms with Crippen LogP contribution < -0.4 is 5.46 Å². The Balaban J connectivity index is 0.000000312. The van der Waals surface area contributed by atoms with E-state index < -0.39 is 16.6 Å². The fourth-order valence-electron chi connectivity index (χ4n) is 13.2. The van der Waals surface area contributed by atoms with Crippen molar-refractivity contribution in [3.63, 3.8) is 0 Å². The Hall–Kier alpha value is -5.20. The summed E-state index contributed by atoms with van der Waals surface area (Å²) in [6.07, 6.45) is 15.7. The lowest BCUT2D eigenvalue weighted by atomic mass is 9.67. The summed E-state index contributed by atoms with van der Waals surface area (Å²) in [5.41, 5.74) is 16.4. The molecule has 4 aromatic carbocycles. The van der Waals surface area contributed by atoms with E-state index in [0.29, 0.717) is 23.8 Å². The van der Waals surface area contributed by atoms with E-state index in [1.807, 2.05) is 6.92 Å². The van der Waals surface area contributed by atoms with Gasteiger partial charge in [-0.3, -0.25) is 9.59 Å². The van der Waals surface area contributed by atoms with Crippen molar-refractivity contribution >= 4 is 57.1 Å². The highest BCUT2D eigenvalue weighted by Gasteiger charge is 2.52. The molecule has 16 heteroatoms. The fourth-order valence-corrected chi connectivity index (χ4v) is 16.5. The number of aromatic nitrogens is 4. The highest BCUT2D eigenvalue weighted by molar-refractivity contribution is 9.10. The summed E-state index contributed by atoms with van der Waals surface area (Å²) in [5, 5.41) is 0.399. The van der Waals surface area contributed by atoms with Crippen molar-refractivity contribution in [3.05, 3.63) is 169 Å². The topological polar surface area (TPSA) is 141 Å². The minimum Gasteiger partial charge on any atom is -0.466 e. The molecular formula is C86H132BBrN4O8Si2. The molecule has 2 aromatic heterocycles. The monoisotopic (exact) mass is 1490 g/mol. The first-order valence-corrected chi connectivity index (χ1v) is 44.4. The Morgan fingerprint density at radius 2 is 0.824 bits per heavy atom. The Kier molecular flexibility index (Phi) is 30.4. The van der Waals surface area contributed by atoms with Crippen molar-refractivity contribution in [1.82, 2.24) is 19.9 Å². The van der Waals surface area contributed by atoms with E-state index >= 15 is 0 Å². The van der Waals surface area contributed by atoms with Crippen LogP contribution in [0.5, 0.6) is 0 Å². The van der Waals surface area contributed by atoms with Crippen LogP contribution in [0, 0.1) is 38.5 Å². The SMILES string of the molecule is CCC(CC)(c1ccc(CCC(O[Si](C)(C)C(C)(C)C)C(C)(C)C)c(C)c1)c1ccc(B2OC(C)(C)C(C)(C)O2)c(C)c1.CCOC(=O)Cc1cnc(-c2ccc(C(CC)(CC)c3ccc(CCC(O[Si](C)(C)C(C)(C)C)C(C)(C)C)c(C)c3)cc2C)nc1.CCOC(=O)Cc1cnc(Br)nc1. The highest BCUT2D eigenvalue weighted by atomic mass is 79.9. The molecule has 0 aliphatic carbocycles. The molecule has 7 rings (SSSR count). The first-order valence-electron chi connectivity index (χ1n) is 37.8. The van der Waals surface area contributed by atoms with Gasteiger partial charge in [0.25, 0.3) is 0 Å². The molecule has 1 fully saturated rings. The van der Waals surface area contributed by atoms with Crippen molar-refractivity contribution < 1.29 is 37.2 Å². The molecule has 102 heavy (non-hydrogen) atoms. The number of rotatable bonds is 26. The van der Waals surface area contributed by atoms with Crippen molar-refractivity contribution in [3.8, 4) is 11.4 Å². The zero-order valence-electron chi connectivity index (χ0n) is 68.9. The van der Waals surface area contributed by atoms with Crippen LogP contribution in [0.3, 0.4) is 0 Å². The largest absolute Gasteiger partial charge is 0.495 e. The van der Waals surface area contributed by atoms with Crippen LogP contribution >= 0.6 is 15.9 Å². The molecule has 0 spiro atoms. The van der Waals surface area contributed by atoms with E-state index in [1.165, 1.54) is 50.1 Å². The van der Waals surface area contributed by atoms with Gasteiger partial charge in [0.15, 0.2) is 27.2 Å². The van der Waals surface area contributed by atoms with E-state index in [9.17, 15) is 9.59 Å². The van der Waals surface area contributed by atoms with Gasteiger partial charge in [-0.15, -0.1) is 0 Å². The summed E-state index contributed by atoms with van der Waals surface area (Å²) in [5.74, 6) is 0.151. The molecular weight excluding hydrogens is 1360 g/mol. The zero-order valence-corrected chi connectivity index (χ0v) is 72.5. The summed E-state index contributed by atoms with van der Waals surface area (Å²) in [6.45, 7) is 68.4. The number of carbonyl (C=O) groups excluding carboxylic acids is 2. The number of hydrogen-bond donors (Lipinski definition) is 0. The second kappa shape index (κ2) is 35.5. The number of ether oxygens (including phenoxy) is 2. The van der Waals surface area contributed by atoms with Crippen LogP contribution in [0.15, 0.2) is 102 Å². The van der Waals surface area contributed by atoms with Crippen molar-refractivity contribution in [2.75, 3.05) is 13.2 Å². The number of hydrogen-bond acceptors (Lipinski definition) is 12. The number of aryl methyl sites for hydroxylation is 6. The van der Waals surface area contributed by atoms with Gasteiger partial charge in [0, 0.05) is 41.2 Å². The highest BCUT2D eigenvalue weighted by Crippen LogP contribution is 2.46. The summed E-state index contributed by atoms with van der Waals surface area (Å²) in [6, 6.07) is 28.1. The Morgan fingerprint density at radius 1 is 0.490 bits per heavy atom. The molecule has 0 N–H and O–H groups in total. The molecule has 1 aliphatic heterocycles. The van der Waals surface area contributed by atoms with Gasteiger partial charge in [-0.2, -0.15) is 0 Å². The maximum absolute atomic E-state index is 11.9. The zero-order chi connectivity index (χ0) is 77.0. The first-order chi connectivity index (χ1) is 47.1. The van der Waals surface area contributed by atoms with Crippen LogP contribution in [0.4, 0.5) is 0 Å². The van der Waals surface area contributed by atoms with E-state index in [0.717, 1.165) is 79.1 Å². The summed E-state index contributed by atoms with van der Waals surface area (Å²) in [4.78, 5) is 39.8. The van der Waals surface area contributed by atoms with Crippen LogP contribution in [0.2, 0.25) is 36.3 Å². The van der Waals surface area contributed by atoms with E-state index in [4.69, 9.17) is 27.6 Å². The maximum atomic E-state index is 11.9. The second-order valence-electron chi connectivity index (χ2n) is 34.8. The van der Waals surface area contributed by atoms with Gasteiger partial charge in [0.1, 0.15) is 0 Å². The van der Waals surface area contributed by atoms with Crippen molar-refractivity contribution in [2.24, 2.45) is 10.8 Å². The van der Waals surface area contributed by atoms with Gasteiger partial charge >= 0.3 is 19.1 Å². The maximum Gasteiger partial charge on any atom is 0.495 e. The summed E-state index contributed by atoms with van der Waals surface area (Å²) < 4.78 is 37.1. The minimum atomic E-state index is -1.88. The molecule has 0 saturated carbocycles. The molecule has 0 amide bonds. The second-order valence-corrected chi connectivity index (χ2v) is 45.1. The molecule has 562 valence electrons. The Morgan fingerprint density at radius 3 is 1.14 bits per heavy atom. The molecule has 12 nitrogen and oxygen atoms in total. The smallest absolute Gasteiger partial charge is 0.466 e. The van der Waals surface area contributed by atoms with Gasteiger partial charge in [0.2, 0.25) is 0 Å². The lowest BCUT2D eigenvalue weighted by Crippen LogP contribution is -2.47. The van der Waals surface area contributed by atoms with Crippen LogP contribution in [0.1, 0.15) is 258 Å². The van der Waals surface area contributed by atoms with Crippen molar-refractivity contribution in [2.45, 2.75) is 315 Å². The molecule has 1 saturated heterocycles. The van der Waals surface area contributed by atoms with Gasteiger partial charge in [0.05, 0.1) is 49.5 Å². The molecule has 2 atom stereocenters. The molecule has 2 unspecified atom stereocenters. The van der Waals surface area contributed by atoms with Crippen LogP contribution in [0.25, 0.3) is 11.4 Å². The Labute approximate surface area is 629 Å². The lowest BCUT2D eigenvalue weighted by molar-refractivity contribution is -0.143. The van der Waals surface area contributed by atoms with E-state index in [2.05, 4.69) is 301 Å². The predicted molar refractivity (Wildman–Crippen MR) is 434 cm³/mol. The number of halogens is 1. The molecule has 1 aliphatic rings. The lowest BCUT2D eigenvalue weighted by Gasteiger charge is -2.43. The van der Waals surface area contributed by atoms with Gasteiger partial charge in [-0.05, 0) is 250 Å². The van der Waals surface area contributed by atoms with Gasteiger partial charge in [-0.25, -0.2) is 19.9 Å². The molecule has 0 bridgehead atoms. The predicted octanol–water partition coefficient (Wildman–Crippen LogP) is 21.8. The number of benzene rings is 4. The minimum absolute atomic E-state index is 0.0398. The number of nitrogens with zero attached hydrogens (tertiary/aromatic N) is 4. The third kappa shape index (κ3) is 22.2. The first kappa shape index (κ1) is 87.4.